The average Bonchev–Trinajstić information content (AvgIpc) is 2.66. The summed E-state index contributed by atoms with van der Waals surface area (Å²) in [6.45, 7) is 1.15. The number of carbonyl (C=O) groups excluding carboxylic acids is 1. The van der Waals surface area contributed by atoms with E-state index < -0.39 is 5.91 Å². The summed E-state index contributed by atoms with van der Waals surface area (Å²) in [6.07, 6.45) is 1.53. The number of hydrogen-bond donors (Lipinski definition) is 1. The van der Waals surface area contributed by atoms with E-state index in [0.29, 0.717) is 31.1 Å². The number of amides is 1. The number of ether oxygens (including phenoxy) is 2. The molecule has 0 radical (unpaired) electrons. The van der Waals surface area contributed by atoms with Crippen molar-refractivity contribution in [1.82, 2.24) is 5.32 Å². The lowest BCUT2D eigenvalue weighted by molar-refractivity contribution is -0.117. The Morgan fingerprint density at radius 2 is 1.88 bits per heavy atom. The van der Waals surface area contributed by atoms with Gasteiger partial charge < -0.3 is 14.8 Å². The highest BCUT2D eigenvalue weighted by Crippen LogP contribution is 2.22. The van der Waals surface area contributed by atoms with Crippen LogP contribution in [0.1, 0.15) is 11.1 Å². The van der Waals surface area contributed by atoms with Gasteiger partial charge in [0.15, 0.2) is 0 Å². The first kappa shape index (κ1) is 18.2. The Kier molecular flexibility index (Phi) is 7.23. The molecule has 5 nitrogen and oxygen atoms in total. The monoisotopic (exact) mass is 336 g/mol. The smallest absolute Gasteiger partial charge is 0.262 e. The zero-order valence-corrected chi connectivity index (χ0v) is 14.1. The summed E-state index contributed by atoms with van der Waals surface area (Å²) in [5.74, 6) is 0.182. The number of nitrogens with zero attached hydrogens (tertiary/aromatic N) is 1. The van der Waals surface area contributed by atoms with Crippen molar-refractivity contribution in [3.05, 3.63) is 71.3 Å². The lowest BCUT2D eigenvalue weighted by atomic mass is 10.1. The molecule has 0 heterocycles. The minimum absolute atomic E-state index is 0.0202. The Labute approximate surface area is 147 Å². The number of nitriles is 1. The Morgan fingerprint density at radius 3 is 2.60 bits per heavy atom. The first-order chi connectivity index (χ1) is 12.2. The molecule has 2 aromatic rings. The van der Waals surface area contributed by atoms with E-state index in [1.807, 2.05) is 54.6 Å². The fourth-order valence-corrected chi connectivity index (χ4v) is 2.13. The van der Waals surface area contributed by atoms with Crippen molar-refractivity contribution in [2.24, 2.45) is 0 Å². The molecule has 2 aromatic carbocycles. The number of hydrogen-bond acceptors (Lipinski definition) is 4. The fourth-order valence-electron chi connectivity index (χ4n) is 2.13. The van der Waals surface area contributed by atoms with Gasteiger partial charge in [-0.1, -0.05) is 48.5 Å². The predicted octanol–water partition coefficient (Wildman–Crippen LogP) is 2.94. The van der Waals surface area contributed by atoms with Gasteiger partial charge in [0.2, 0.25) is 0 Å². The van der Waals surface area contributed by atoms with Crippen LogP contribution in [0.25, 0.3) is 6.08 Å². The van der Waals surface area contributed by atoms with Gasteiger partial charge >= 0.3 is 0 Å². The molecule has 0 aliphatic heterocycles. The third-order valence-corrected chi connectivity index (χ3v) is 3.41. The Balaban J connectivity index is 2.12. The van der Waals surface area contributed by atoms with Crippen molar-refractivity contribution in [2.75, 3.05) is 20.3 Å². The minimum Gasteiger partial charge on any atom is -0.488 e. The molecule has 0 spiro atoms. The van der Waals surface area contributed by atoms with Crippen molar-refractivity contribution in [2.45, 2.75) is 6.61 Å². The number of para-hydroxylation sites is 1. The van der Waals surface area contributed by atoms with Crippen LogP contribution in [0.2, 0.25) is 0 Å². The summed E-state index contributed by atoms with van der Waals surface area (Å²) in [6, 6.07) is 19.0. The number of methoxy groups -OCH3 is 1. The van der Waals surface area contributed by atoms with Gasteiger partial charge in [0, 0.05) is 19.2 Å². The topological polar surface area (TPSA) is 71.3 Å². The molecule has 0 aliphatic carbocycles. The van der Waals surface area contributed by atoms with Gasteiger partial charge in [-0.2, -0.15) is 5.26 Å². The molecule has 2 rings (SSSR count). The van der Waals surface area contributed by atoms with Gasteiger partial charge in [-0.25, -0.2) is 0 Å². The number of rotatable bonds is 8. The van der Waals surface area contributed by atoms with E-state index in [1.165, 1.54) is 6.08 Å². The van der Waals surface area contributed by atoms with Crippen LogP contribution >= 0.6 is 0 Å². The van der Waals surface area contributed by atoms with Crippen molar-refractivity contribution in [3.8, 4) is 11.8 Å². The van der Waals surface area contributed by atoms with Crippen LogP contribution in [0.3, 0.4) is 0 Å². The van der Waals surface area contributed by atoms with Gasteiger partial charge in [0.25, 0.3) is 5.91 Å². The largest absolute Gasteiger partial charge is 0.488 e. The zero-order valence-electron chi connectivity index (χ0n) is 14.1. The summed E-state index contributed by atoms with van der Waals surface area (Å²) < 4.78 is 10.7. The van der Waals surface area contributed by atoms with Crippen LogP contribution in [0.4, 0.5) is 0 Å². The highest BCUT2D eigenvalue weighted by molar-refractivity contribution is 6.01. The van der Waals surface area contributed by atoms with Crippen LogP contribution in [-0.4, -0.2) is 26.2 Å². The molecule has 0 fully saturated rings. The van der Waals surface area contributed by atoms with Crippen LogP contribution in [0.15, 0.2) is 60.2 Å². The molecular formula is C20H20N2O3. The SMILES string of the molecule is COCCNC(=O)/C(C#N)=C/c1ccccc1OCc1ccccc1. The first-order valence-electron chi connectivity index (χ1n) is 7.89. The highest BCUT2D eigenvalue weighted by atomic mass is 16.5. The van der Waals surface area contributed by atoms with Gasteiger partial charge in [-0.3, -0.25) is 4.79 Å². The van der Waals surface area contributed by atoms with Crippen molar-refractivity contribution in [1.29, 1.82) is 5.26 Å². The molecule has 0 unspecified atom stereocenters. The van der Waals surface area contributed by atoms with Crippen molar-refractivity contribution in [3.63, 3.8) is 0 Å². The number of carbonyl (C=O) groups is 1. The Morgan fingerprint density at radius 1 is 1.16 bits per heavy atom. The summed E-state index contributed by atoms with van der Waals surface area (Å²) in [5.41, 5.74) is 1.74. The van der Waals surface area contributed by atoms with Gasteiger partial charge in [-0.15, -0.1) is 0 Å². The normalized spacial score (nSPS) is 10.8. The van der Waals surface area contributed by atoms with Gasteiger partial charge in [0.1, 0.15) is 24.0 Å². The van der Waals surface area contributed by atoms with Crippen LogP contribution in [-0.2, 0) is 16.1 Å². The molecule has 1 amide bonds. The molecule has 128 valence electrons. The standard InChI is InChI=1S/C20H20N2O3/c1-24-12-11-22-20(23)18(14-21)13-17-9-5-6-10-19(17)25-15-16-7-3-2-4-8-16/h2-10,13H,11-12,15H2,1H3,(H,22,23)/b18-13+. The van der Waals surface area contributed by atoms with E-state index in [-0.39, 0.29) is 5.57 Å². The van der Waals surface area contributed by atoms with Gasteiger partial charge in [0.05, 0.1) is 6.61 Å². The molecule has 0 atom stereocenters. The molecule has 25 heavy (non-hydrogen) atoms. The van der Waals surface area contributed by atoms with E-state index in [4.69, 9.17) is 9.47 Å². The Bertz CT molecular complexity index is 764. The number of benzene rings is 2. The summed E-state index contributed by atoms with van der Waals surface area (Å²) in [5, 5.41) is 11.9. The van der Waals surface area contributed by atoms with Crippen molar-refractivity contribution >= 4 is 12.0 Å². The molecule has 0 saturated carbocycles. The zero-order chi connectivity index (χ0) is 17.9. The second-order valence-electron chi connectivity index (χ2n) is 5.23. The van der Waals surface area contributed by atoms with Crippen LogP contribution in [0, 0.1) is 11.3 Å². The third-order valence-electron chi connectivity index (χ3n) is 3.41. The number of nitrogens with one attached hydrogen (secondary N) is 1. The summed E-state index contributed by atoms with van der Waals surface area (Å²) in [7, 11) is 1.55. The van der Waals surface area contributed by atoms with Gasteiger partial charge in [-0.05, 0) is 17.7 Å². The van der Waals surface area contributed by atoms with Crippen molar-refractivity contribution < 1.29 is 14.3 Å². The van der Waals surface area contributed by atoms with E-state index in [2.05, 4.69) is 5.32 Å². The maximum absolute atomic E-state index is 12.0. The lowest BCUT2D eigenvalue weighted by Crippen LogP contribution is -2.27. The summed E-state index contributed by atoms with van der Waals surface area (Å²) in [4.78, 5) is 12.0. The molecule has 1 N–H and O–H groups in total. The maximum atomic E-state index is 12.0. The maximum Gasteiger partial charge on any atom is 0.262 e. The van der Waals surface area contributed by atoms with E-state index >= 15 is 0 Å². The second kappa shape index (κ2) is 9.91. The molecular weight excluding hydrogens is 316 g/mol. The van der Waals surface area contributed by atoms with Crippen LogP contribution in [0.5, 0.6) is 5.75 Å². The first-order valence-corrected chi connectivity index (χ1v) is 7.89. The predicted molar refractivity (Wildman–Crippen MR) is 95.7 cm³/mol. The van der Waals surface area contributed by atoms with E-state index in [0.717, 1.165) is 5.56 Å². The average molecular weight is 336 g/mol. The van der Waals surface area contributed by atoms with Crippen LogP contribution < -0.4 is 10.1 Å². The van der Waals surface area contributed by atoms with E-state index in [1.54, 1.807) is 13.2 Å². The summed E-state index contributed by atoms with van der Waals surface area (Å²) >= 11 is 0. The van der Waals surface area contributed by atoms with E-state index in [9.17, 15) is 10.1 Å². The lowest BCUT2D eigenvalue weighted by Gasteiger charge is -2.10. The second-order valence-corrected chi connectivity index (χ2v) is 5.23. The molecule has 0 bridgehead atoms. The fraction of sp³-hybridized carbons (Fsp3) is 0.200. The molecule has 5 heteroatoms. The Hall–Kier alpha value is -3.10. The minimum atomic E-state index is -0.433. The quantitative estimate of drug-likeness (QED) is 0.457. The molecule has 0 aromatic heterocycles. The third kappa shape index (κ3) is 5.79. The molecule has 0 saturated heterocycles. The molecule has 0 aliphatic rings. The highest BCUT2D eigenvalue weighted by Gasteiger charge is 2.10.